The van der Waals surface area contributed by atoms with E-state index in [0.29, 0.717) is 0 Å². The number of hydrogen-bond donors (Lipinski definition) is 0. The minimum absolute atomic E-state index is 0.0405. The van der Waals surface area contributed by atoms with E-state index in [0.717, 1.165) is 20.6 Å². The molecule has 0 N–H and O–H groups in total. The molecule has 0 aromatic heterocycles. The Labute approximate surface area is 131 Å². The van der Waals surface area contributed by atoms with Crippen LogP contribution in [-0.2, 0) is 6.42 Å². The first-order valence-electron chi connectivity index (χ1n) is 5.71. The quantitative estimate of drug-likeness (QED) is 0.460. The van der Waals surface area contributed by atoms with Gasteiger partial charge in [-0.2, -0.15) is 0 Å². The maximum absolute atomic E-state index is 6.46. The van der Waals surface area contributed by atoms with Crippen LogP contribution in [-0.4, -0.2) is 0 Å². The second-order valence-corrected chi connectivity index (χ2v) is 6.43. The van der Waals surface area contributed by atoms with Crippen LogP contribution >= 0.6 is 45.8 Å². The average molecular weight is 391 g/mol. The zero-order valence-electron chi connectivity index (χ0n) is 9.96. The molecule has 0 radical (unpaired) electrons. The summed E-state index contributed by atoms with van der Waals surface area (Å²) in [5.41, 5.74) is 3.59. The predicted molar refractivity (Wildman–Crippen MR) is 87.6 cm³/mol. The first kappa shape index (κ1) is 14.2. The van der Waals surface area contributed by atoms with E-state index in [1.54, 1.807) is 0 Å². The van der Waals surface area contributed by atoms with Crippen LogP contribution in [0.4, 0.5) is 0 Å². The molecule has 0 aliphatic carbocycles. The molecule has 0 fully saturated rings. The molecule has 94 valence electrons. The Bertz CT molecular complexity index is 552. The van der Waals surface area contributed by atoms with Crippen LogP contribution in [0.1, 0.15) is 22.1 Å². The van der Waals surface area contributed by atoms with Crippen molar-refractivity contribution >= 4 is 45.8 Å². The van der Waals surface area contributed by atoms with Crippen molar-refractivity contribution in [1.82, 2.24) is 0 Å². The van der Waals surface area contributed by atoms with E-state index in [2.05, 4.69) is 53.8 Å². The van der Waals surface area contributed by atoms with E-state index in [9.17, 15) is 0 Å². The van der Waals surface area contributed by atoms with E-state index < -0.39 is 0 Å². The third-order valence-corrected chi connectivity index (χ3v) is 4.78. The Morgan fingerprint density at radius 1 is 1.17 bits per heavy atom. The van der Waals surface area contributed by atoms with Crippen molar-refractivity contribution in [2.45, 2.75) is 18.7 Å². The molecule has 0 spiro atoms. The third kappa shape index (κ3) is 3.62. The van der Waals surface area contributed by atoms with Crippen LogP contribution in [0.3, 0.4) is 0 Å². The van der Waals surface area contributed by atoms with Gasteiger partial charge in [-0.15, -0.1) is 11.6 Å². The van der Waals surface area contributed by atoms with Crippen molar-refractivity contribution in [3.63, 3.8) is 0 Å². The zero-order chi connectivity index (χ0) is 13.1. The SMILES string of the molecule is Cc1cccc(CC(Cl)c2ccc(I)c(Cl)c2)c1. The van der Waals surface area contributed by atoms with E-state index >= 15 is 0 Å². The Morgan fingerprint density at radius 2 is 1.94 bits per heavy atom. The highest BCUT2D eigenvalue weighted by Crippen LogP contribution is 2.29. The largest absolute Gasteiger partial charge is 0.117 e. The van der Waals surface area contributed by atoms with Crippen molar-refractivity contribution in [2.24, 2.45) is 0 Å². The van der Waals surface area contributed by atoms with Gasteiger partial charge in [-0.05, 0) is 59.2 Å². The van der Waals surface area contributed by atoms with Gasteiger partial charge >= 0.3 is 0 Å². The molecule has 0 aliphatic rings. The van der Waals surface area contributed by atoms with Gasteiger partial charge in [0.2, 0.25) is 0 Å². The number of alkyl halides is 1. The summed E-state index contributed by atoms with van der Waals surface area (Å²) in [4.78, 5) is 0. The van der Waals surface area contributed by atoms with E-state index in [1.165, 1.54) is 11.1 Å². The Kier molecular flexibility index (Phi) is 4.93. The van der Waals surface area contributed by atoms with Crippen LogP contribution in [0.25, 0.3) is 0 Å². The van der Waals surface area contributed by atoms with Gasteiger partial charge in [-0.1, -0.05) is 47.5 Å². The number of benzene rings is 2. The Morgan fingerprint density at radius 3 is 2.61 bits per heavy atom. The second kappa shape index (κ2) is 6.27. The first-order chi connectivity index (χ1) is 8.56. The average Bonchev–Trinajstić information content (AvgIpc) is 2.32. The first-order valence-corrected chi connectivity index (χ1v) is 7.60. The van der Waals surface area contributed by atoms with Crippen molar-refractivity contribution in [3.05, 3.63) is 67.7 Å². The summed E-state index contributed by atoms with van der Waals surface area (Å²) in [5.74, 6) is 0. The molecule has 0 heterocycles. The fraction of sp³-hybridized carbons (Fsp3) is 0.200. The summed E-state index contributed by atoms with van der Waals surface area (Å²) in [5, 5.41) is 0.726. The Hall–Kier alpha value is -0.250. The van der Waals surface area contributed by atoms with Gasteiger partial charge in [0.15, 0.2) is 0 Å². The van der Waals surface area contributed by atoms with E-state index in [1.807, 2.05) is 18.2 Å². The van der Waals surface area contributed by atoms with Crippen LogP contribution in [0.15, 0.2) is 42.5 Å². The molecule has 0 saturated heterocycles. The molecule has 0 bridgehead atoms. The summed E-state index contributed by atoms with van der Waals surface area (Å²) in [6, 6.07) is 14.4. The lowest BCUT2D eigenvalue weighted by molar-refractivity contribution is 0.918. The molecule has 0 aliphatic heterocycles. The minimum atomic E-state index is -0.0405. The number of hydrogen-bond acceptors (Lipinski definition) is 0. The number of rotatable bonds is 3. The summed E-state index contributed by atoms with van der Waals surface area (Å²) in [6.07, 6.45) is 0.820. The van der Waals surface area contributed by atoms with Crippen LogP contribution in [0.2, 0.25) is 5.02 Å². The maximum atomic E-state index is 6.46. The number of halogens is 3. The van der Waals surface area contributed by atoms with Crippen molar-refractivity contribution in [3.8, 4) is 0 Å². The molecule has 2 aromatic rings. The van der Waals surface area contributed by atoms with E-state index in [4.69, 9.17) is 23.2 Å². The summed E-state index contributed by atoms with van der Waals surface area (Å²) in [7, 11) is 0. The van der Waals surface area contributed by atoms with Crippen molar-refractivity contribution in [2.75, 3.05) is 0 Å². The van der Waals surface area contributed by atoms with Gasteiger partial charge in [-0.25, -0.2) is 0 Å². The van der Waals surface area contributed by atoms with Crippen molar-refractivity contribution < 1.29 is 0 Å². The van der Waals surface area contributed by atoms with Gasteiger partial charge in [0, 0.05) is 3.57 Å². The molecule has 2 aromatic carbocycles. The fourth-order valence-corrected chi connectivity index (χ4v) is 2.71. The van der Waals surface area contributed by atoms with Gasteiger partial charge in [0.25, 0.3) is 0 Å². The second-order valence-electron chi connectivity index (χ2n) is 4.33. The molecular weight excluding hydrogens is 378 g/mol. The smallest absolute Gasteiger partial charge is 0.0626 e. The monoisotopic (exact) mass is 390 g/mol. The molecule has 18 heavy (non-hydrogen) atoms. The molecule has 3 heteroatoms. The highest BCUT2D eigenvalue weighted by Gasteiger charge is 2.10. The topological polar surface area (TPSA) is 0 Å². The lowest BCUT2D eigenvalue weighted by Crippen LogP contribution is -1.96. The highest BCUT2D eigenvalue weighted by atomic mass is 127. The zero-order valence-corrected chi connectivity index (χ0v) is 13.6. The summed E-state index contributed by atoms with van der Waals surface area (Å²) in [6.45, 7) is 2.09. The summed E-state index contributed by atoms with van der Waals surface area (Å²) >= 11 is 14.8. The molecule has 1 unspecified atom stereocenters. The molecule has 0 saturated carbocycles. The van der Waals surface area contributed by atoms with Gasteiger partial charge in [0.1, 0.15) is 0 Å². The highest BCUT2D eigenvalue weighted by molar-refractivity contribution is 14.1. The Balaban J connectivity index is 2.16. The van der Waals surface area contributed by atoms with Gasteiger partial charge in [-0.3, -0.25) is 0 Å². The minimum Gasteiger partial charge on any atom is -0.117 e. The molecule has 0 nitrogen and oxygen atoms in total. The molecule has 1 atom stereocenters. The van der Waals surface area contributed by atoms with Crippen LogP contribution in [0, 0.1) is 10.5 Å². The molecule has 2 rings (SSSR count). The normalized spacial score (nSPS) is 12.4. The lowest BCUT2D eigenvalue weighted by Gasteiger charge is -2.11. The number of aryl methyl sites for hydroxylation is 1. The van der Waals surface area contributed by atoms with Crippen LogP contribution in [0.5, 0.6) is 0 Å². The third-order valence-electron chi connectivity index (χ3n) is 2.80. The molecular formula is C15H13Cl2I. The van der Waals surface area contributed by atoms with E-state index in [-0.39, 0.29) is 5.38 Å². The molecule has 0 amide bonds. The standard InChI is InChI=1S/C15H13Cl2I/c1-10-3-2-4-11(7-10)8-13(16)12-5-6-15(18)14(17)9-12/h2-7,9,13H,8H2,1H3. The fourth-order valence-electron chi connectivity index (χ4n) is 1.87. The predicted octanol–water partition coefficient (Wildman–Crippen LogP) is 5.78. The van der Waals surface area contributed by atoms with Gasteiger partial charge < -0.3 is 0 Å². The van der Waals surface area contributed by atoms with Crippen molar-refractivity contribution in [1.29, 1.82) is 0 Å². The lowest BCUT2D eigenvalue weighted by atomic mass is 10.0. The maximum Gasteiger partial charge on any atom is 0.0626 e. The summed E-state index contributed by atoms with van der Waals surface area (Å²) < 4.78 is 1.05. The van der Waals surface area contributed by atoms with Gasteiger partial charge in [0.05, 0.1) is 10.4 Å². The van der Waals surface area contributed by atoms with Crippen LogP contribution < -0.4 is 0 Å².